The van der Waals surface area contributed by atoms with Crippen LogP contribution in [0.3, 0.4) is 0 Å². The molecule has 0 saturated heterocycles. The molecule has 0 amide bonds. The predicted octanol–water partition coefficient (Wildman–Crippen LogP) is 4.92. The van der Waals surface area contributed by atoms with Crippen LogP contribution in [0.4, 0.5) is 0 Å². The number of hydrogen-bond donors (Lipinski definition) is 0. The van der Waals surface area contributed by atoms with Crippen LogP contribution in [0.5, 0.6) is 0 Å². The van der Waals surface area contributed by atoms with E-state index in [1.807, 2.05) is 22.9 Å². The molecule has 22 heavy (non-hydrogen) atoms. The zero-order chi connectivity index (χ0) is 15.4. The van der Waals surface area contributed by atoms with Gasteiger partial charge in [-0.05, 0) is 10.8 Å². The minimum absolute atomic E-state index is 0.229. The fraction of sp³-hybridized carbons (Fsp3) is 0. The van der Waals surface area contributed by atoms with Crippen LogP contribution in [0.2, 0.25) is 0 Å². The Labute approximate surface area is 137 Å². The summed E-state index contributed by atoms with van der Waals surface area (Å²) in [5.41, 5.74) is 1.31. The first kappa shape index (κ1) is 14.9. The highest BCUT2D eigenvalue weighted by Crippen LogP contribution is 2.41. The number of Topliss-reactive ketones (excluding diaryl/α,β-unsaturated/α-hetero) is 2. The van der Waals surface area contributed by atoms with Crippen molar-refractivity contribution in [1.82, 2.24) is 0 Å². The van der Waals surface area contributed by atoms with E-state index in [2.05, 4.69) is 0 Å². The van der Waals surface area contributed by atoms with Crippen LogP contribution in [0.15, 0.2) is 81.3 Å². The highest BCUT2D eigenvalue weighted by atomic mass is 32.2. The van der Waals surface area contributed by atoms with Gasteiger partial charge < -0.3 is 0 Å². The SMILES string of the molecule is O=C(C(C(=O)c1ccccc1)=C1SC=CS1)c1ccccc1. The second-order valence-corrected chi connectivity index (χ2v) is 6.65. The number of thioether (sulfide) groups is 2. The normalized spacial score (nSPS) is 13.2. The number of carbonyl (C=O) groups is 2. The molecule has 0 bridgehead atoms. The molecule has 0 atom stereocenters. The number of allylic oxidation sites excluding steroid dienone is 1. The largest absolute Gasteiger partial charge is 0.288 e. The van der Waals surface area contributed by atoms with Crippen molar-refractivity contribution < 1.29 is 9.59 Å². The summed E-state index contributed by atoms with van der Waals surface area (Å²) in [5.74, 6) is -0.457. The molecule has 0 fully saturated rings. The molecule has 0 aliphatic carbocycles. The number of hydrogen-bond acceptors (Lipinski definition) is 4. The second kappa shape index (κ2) is 6.81. The predicted molar refractivity (Wildman–Crippen MR) is 92.9 cm³/mol. The van der Waals surface area contributed by atoms with Crippen molar-refractivity contribution in [3.63, 3.8) is 0 Å². The average Bonchev–Trinajstić information content (AvgIpc) is 3.10. The molecule has 0 spiro atoms. The van der Waals surface area contributed by atoms with Crippen LogP contribution >= 0.6 is 23.5 Å². The summed E-state index contributed by atoms with van der Waals surface area (Å²) in [4.78, 5) is 25.6. The maximum atomic E-state index is 12.8. The molecule has 0 radical (unpaired) electrons. The molecule has 0 unspecified atom stereocenters. The molecule has 1 aliphatic heterocycles. The molecule has 0 aromatic heterocycles. The zero-order valence-electron chi connectivity index (χ0n) is 11.6. The van der Waals surface area contributed by atoms with E-state index in [9.17, 15) is 9.59 Å². The van der Waals surface area contributed by atoms with Crippen molar-refractivity contribution in [3.05, 3.63) is 92.4 Å². The molecule has 3 rings (SSSR count). The summed E-state index contributed by atoms with van der Waals surface area (Å²) < 4.78 is 0.739. The minimum Gasteiger partial charge on any atom is -0.288 e. The van der Waals surface area contributed by atoms with E-state index in [1.165, 1.54) is 23.5 Å². The van der Waals surface area contributed by atoms with E-state index in [-0.39, 0.29) is 17.1 Å². The third-order valence-electron chi connectivity index (χ3n) is 3.14. The molecule has 2 nitrogen and oxygen atoms in total. The lowest BCUT2D eigenvalue weighted by Crippen LogP contribution is -2.15. The van der Waals surface area contributed by atoms with E-state index in [0.29, 0.717) is 11.1 Å². The van der Waals surface area contributed by atoms with Crippen LogP contribution in [0.1, 0.15) is 20.7 Å². The fourth-order valence-electron chi connectivity index (χ4n) is 2.08. The lowest BCUT2D eigenvalue weighted by atomic mass is 9.97. The van der Waals surface area contributed by atoms with E-state index in [4.69, 9.17) is 0 Å². The smallest absolute Gasteiger partial charge is 0.198 e. The third-order valence-corrected chi connectivity index (χ3v) is 5.27. The fourth-order valence-corrected chi connectivity index (χ4v) is 3.93. The molecule has 0 saturated carbocycles. The lowest BCUT2D eigenvalue weighted by molar-refractivity contribution is 0.0962. The van der Waals surface area contributed by atoms with Crippen LogP contribution in [0, 0.1) is 0 Å². The van der Waals surface area contributed by atoms with E-state index in [0.717, 1.165) is 4.24 Å². The number of carbonyl (C=O) groups excluding carboxylic acids is 2. The molecule has 0 N–H and O–H groups in total. The highest BCUT2D eigenvalue weighted by Gasteiger charge is 2.26. The van der Waals surface area contributed by atoms with E-state index >= 15 is 0 Å². The first-order valence-corrected chi connectivity index (χ1v) is 8.45. The molecule has 2 aromatic carbocycles. The summed E-state index contributed by atoms with van der Waals surface area (Å²) in [6.07, 6.45) is 0. The summed E-state index contributed by atoms with van der Waals surface area (Å²) in [7, 11) is 0. The van der Waals surface area contributed by atoms with Gasteiger partial charge in [-0.3, -0.25) is 9.59 Å². The van der Waals surface area contributed by atoms with Crippen molar-refractivity contribution in [2.45, 2.75) is 0 Å². The molecule has 1 heterocycles. The van der Waals surface area contributed by atoms with Crippen molar-refractivity contribution in [1.29, 1.82) is 0 Å². The number of ketones is 2. The maximum absolute atomic E-state index is 12.8. The number of benzene rings is 2. The standard InChI is InChI=1S/C18H12O2S2/c19-16(13-7-3-1-4-8-13)15(18-21-11-12-22-18)17(20)14-9-5-2-6-10-14/h1-12H. The van der Waals surface area contributed by atoms with Crippen molar-refractivity contribution >= 4 is 35.1 Å². The summed E-state index contributed by atoms with van der Waals surface area (Å²) in [6.45, 7) is 0. The zero-order valence-corrected chi connectivity index (χ0v) is 13.2. The van der Waals surface area contributed by atoms with Gasteiger partial charge in [0.1, 0.15) is 0 Å². The number of rotatable bonds is 4. The molecule has 1 aliphatic rings. The third kappa shape index (κ3) is 3.08. The quantitative estimate of drug-likeness (QED) is 0.346. The van der Waals surface area contributed by atoms with Crippen LogP contribution in [-0.2, 0) is 0 Å². The maximum Gasteiger partial charge on any atom is 0.198 e. The van der Waals surface area contributed by atoms with Gasteiger partial charge >= 0.3 is 0 Å². The Morgan fingerprint density at radius 2 is 1.05 bits per heavy atom. The van der Waals surface area contributed by atoms with Crippen molar-refractivity contribution in [2.75, 3.05) is 0 Å². The molecular formula is C18H12O2S2. The first-order chi connectivity index (χ1) is 10.8. The average molecular weight is 324 g/mol. The van der Waals surface area contributed by atoms with Gasteiger partial charge in [0.2, 0.25) is 0 Å². The van der Waals surface area contributed by atoms with E-state index in [1.54, 1.807) is 48.5 Å². The Morgan fingerprint density at radius 3 is 1.45 bits per heavy atom. The molecular weight excluding hydrogens is 312 g/mol. The van der Waals surface area contributed by atoms with Gasteiger partial charge in [-0.1, -0.05) is 84.2 Å². The Hall–Kier alpha value is -2.04. The first-order valence-electron chi connectivity index (χ1n) is 6.69. The molecule has 108 valence electrons. The van der Waals surface area contributed by atoms with Crippen LogP contribution < -0.4 is 0 Å². The van der Waals surface area contributed by atoms with Crippen LogP contribution in [-0.4, -0.2) is 11.6 Å². The van der Waals surface area contributed by atoms with Crippen LogP contribution in [0.25, 0.3) is 0 Å². The van der Waals surface area contributed by atoms with Gasteiger partial charge in [-0.25, -0.2) is 0 Å². The summed E-state index contributed by atoms with van der Waals surface area (Å²) >= 11 is 2.83. The van der Waals surface area contributed by atoms with Gasteiger partial charge in [-0.2, -0.15) is 0 Å². The van der Waals surface area contributed by atoms with Crippen molar-refractivity contribution in [2.24, 2.45) is 0 Å². The Morgan fingerprint density at radius 1 is 0.636 bits per heavy atom. The van der Waals surface area contributed by atoms with Gasteiger partial charge in [0.25, 0.3) is 0 Å². The summed E-state index contributed by atoms with van der Waals surface area (Å²) in [5, 5.41) is 3.77. The van der Waals surface area contributed by atoms with Crippen molar-refractivity contribution in [3.8, 4) is 0 Å². The Balaban J connectivity index is 2.05. The highest BCUT2D eigenvalue weighted by molar-refractivity contribution is 8.27. The second-order valence-electron chi connectivity index (χ2n) is 4.56. The van der Waals surface area contributed by atoms with Gasteiger partial charge in [0, 0.05) is 11.1 Å². The lowest BCUT2D eigenvalue weighted by Gasteiger charge is -2.09. The van der Waals surface area contributed by atoms with Gasteiger partial charge in [0.05, 0.1) is 9.81 Å². The molecule has 2 aromatic rings. The van der Waals surface area contributed by atoms with E-state index < -0.39 is 0 Å². The monoisotopic (exact) mass is 324 g/mol. The molecule has 4 heteroatoms. The summed E-state index contributed by atoms with van der Waals surface area (Å²) in [6, 6.07) is 17.8. The topological polar surface area (TPSA) is 34.1 Å². The Kier molecular flexibility index (Phi) is 4.61. The minimum atomic E-state index is -0.229. The van der Waals surface area contributed by atoms with Gasteiger partial charge in [0.15, 0.2) is 11.6 Å². The Bertz CT molecular complexity index is 699. The van der Waals surface area contributed by atoms with Gasteiger partial charge in [-0.15, -0.1) is 0 Å².